The van der Waals surface area contributed by atoms with E-state index >= 15 is 0 Å². The number of benzene rings is 2. The number of methoxy groups -OCH3 is 2. The molecule has 0 saturated carbocycles. The largest absolute Gasteiger partial charge is 0.497 e. The van der Waals surface area contributed by atoms with Crippen LogP contribution >= 0.6 is 15.9 Å². The molecule has 0 N–H and O–H groups in total. The summed E-state index contributed by atoms with van der Waals surface area (Å²) < 4.78 is 17.0. The van der Waals surface area contributed by atoms with E-state index in [-0.39, 0.29) is 0 Å². The van der Waals surface area contributed by atoms with Gasteiger partial charge in [-0.25, -0.2) is 0 Å². The summed E-state index contributed by atoms with van der Waals surface area (Å²) in [6.07, 6.45) is 0. The Kier molecular flexibility index (Phi) is 4.68. The van der Waals surface area contributed by atoms with E-state index in [4.69, 9.17) is 14.2 Å². The van der Waals surface area contributed by atoms with E-state index in [9.17, 15) is 0 Å². The van der Waals surface area contributed by atoms with E-state index in [0.717, 1.165) is 27.3 Å². The van der Waals surface area contributed by atoms with E-state index in [2.05, 4.69) is 15.9 Å². The smallest absolute Gasteiger partial charge is 0.120 e. The van der Waals surface area contributed by atoms with Crippen molar-refractivity contribution in [1.82, 2.24) is 0 Å². The lowest BCUT2D eigenvalue weighted by molar-refractivity contribution is 0.303. The summed E-state index contributed by atoms with van der Waals surface area (Å²) >= 11 is 3.50. The van der Waals surface area contributed by atoms with Crippen LogP contribution < -0.4 is 14.2 Å². The molecule has 100 valence electrons. The Balaban J connectivity index is 2.05. The van der Waals surface area contributed by atoms with Crippen molar-refractivity contribution in [2.24, 2.45) is 0 Å². The van der Waals surface area contributed by atoms with Gasteiger partial charge in [0.05, 0.1) is 14.2 Å². The predicted molar refractivity (Wildman–Crippen MR) is 78.0 cm³/mol. The summed E-state index contributed by atoms with van der Waals surface area (Å²) in [6.45, 7) is 0.476. The fourth-order valence-electron chi connectivity index (χ4n) is 1.62. The maximum absolute atomic E-state index is 5.73. The first-order valence-electron chi connectivity index (χ1n) is 5.82. The zero-order chi connectivity index (χ0) is 13.7. The predicted octanol–water partition coefficient (Wildman–Crippen LogP) is 4.05. The van der Waals surface area contributed by atoms with Gasteiger partial charge in [0.2, 0.25) is 0 Å². The van der Waals surface area contributed by atoms with Crippen LogP contribution in [0, 0.1) is 0 Å². The van der Waals surface area contributed by atoms with Gasteiger partial charge in [-0.3, -0.25) is 0 Å². The van der Waals surface area contributed by atoms with Gasteiger partial charge in [-0.2, -0.15) is 0 Å². The van der Waals surface area contributed by atoms with Crippen molar-refractivity contribution in [2.75, 3.05) is 14.2 Å². The van der Waals surface area contributed by atoms with Crippen LogP contribution in [0.15, 0.2) is 46.9 Å². The molecule has 0 unspecified atom stereocenters. The Labute approximate surface area is 121 Å². The van der Waals surface area contributed by atoms with Crippen LogP contribution in [0.4, 0.5) is 0 Å². The standard InChI is InChI=1S/C15H15BrO3/c1-17-12-3-5-13(6-4-12)19-10-11-9-14(18-2)7-8-15(11)16/h3-9H,10H2,1-2H3. The van der Waals surface area contributed by atoms with Gasteiger partial charge in [0.1, 0.15) is 23.9 Å². The molecule has 0 heterocycles. The molecule has 0 radical (unpaired) electrons. The number of hydrogen-bond acceptors (Lipinski definition) is 3. The van der Waals surface area contributed by atoms with Crippen molar-refractivity contribution < 1.29 is 14.2 Å². The molecule has 0 aliphatic carbocycles. The summed E-state index contributed by atoms with van der Waals surface area (Å²) in [6, 6.07) is 13.3. The van der Waals surface area contributed by atoms with Crippen molar-refractivity contribution in [1.29, 1.82) is 0 Å². The quantitative estimate of drug-likeness (QED) is 0.831. The SMILES string of the molecule is COc1ccc(OCc2cc(OC)ccc2Br)cc1. The van der Waals surface area contributed by atoms with Crippen LogP contribution in [0.1, 0.15) is 5.56 Å². The molecule has 0 fully saturated rings. The van der Waals surface area contributed by atoms with Crippen molar-refractivity contribution in [3.8, 4) is 17.2 Å². The van der Waals surface area contributed by atoms with E-state index in [1.54, 1.807) is 14.2 Å². The maximum atomic E-state index is 5.73. The minimum Gasteiger partial charge on any atom is -0.497 e. The maximum Gasteiger partial charge on any atom is 0.120 e. The Hall–Kier alpha value is -1.68. The molecule has 3 nitrogen and oxygen atoms in total. The summed E-state index contributed by atoms with van der Waals surface area (Å²) in [4.78, 5) is 0. The minimum absolute atomic E-state index is 0.476. The average Bonchev–Trinajstić information content (AvgIpc) is 2.47. The second-order valence-corrected chi connectivity index (χ2v) is 4.78. The number of halogens is 1. The van der Waals surface area contributed by atoms with Gasteiger partial charge in [0.15, 0.2) is 0 Å². The first-order chi connectivity index (χ1) is 9.22. The third kappa shape index (κ3) is 3.64. The molecule has 0 amide bonds. The third-order valence-corrected chi connectivity index (χ3v) is 3.48. The summed E-state index contributed by atoms with van der Waals surface area (Å²) in [5, 5.41) is 0. The molecule has 0 spiro atoms. The molecular weight excluding hydrogens is 308 g/mol. The summed E-state index contributed by atoms with van der Waals surface area (Å²) in [5.41, 5.74) is 1.04. The fourth-order valence-corrected chi connectivity index (χ4v) is 1.98. The molecular formula is C15H15BrO3. The molecule has 2 aromatic carbocycles. The van der Waals surface area contributed by atoms with E-state index in [1.165, 1.54) is 0 Å². The van der Waals surface area contributed by atoms with Gasteiger partial charge in [0.25, 0.3) is 0 Å². The monoisotopic (exact) mass is 322 g/mol. The molecule has 0 aliphatic heterocycles. The van der Waals surface area contributed by atoms with Crippen LogP contribution in [0.2, 0.25) is 0 Å². The van der Waals surface area contributed by atoms with E-state index in [0.29, 0.717) is 6.61 Å². The van der Waals surface area contributed by atoms with Crippen molar-refractivity contribution >= 4 is 15.9 Å². The number of ether oxygens (including phenoxy) is 3. The van der Waals surface area contributed by atoms with Crippen LogP contribution in [-0.4, -0.2) is 14.2 Å². The Bertz CT molecular complexity index is 538. The zero-order valence-corrected chi connectivity index (χ0v) is 12.4. The lowest BCUT2D eigenvalue weighted by atomic mass is 10.2. The minimum atomic E-state index is 0.476. The van der Waals surface area contributed by atoms with Crippen LogP contribution in [0.3, 0.4) is 0 Å². The molecule has 0 saturated heterocycles. The lowest BCUT2D eigenvalue weighted by Crippen LogP contribution is -1.97. The Morgan fingerprint density at radius 2 is 1.42 bits per heavy atom. The van der Waals surface area contributed by atoms with Gasteiger partial charge in [-0.15, -0.1) is 0 Å². The Morgan fingerprint density at radius 1 is 0.842 bits per heavy atom. The van der Waals surface area contributed by atoms with Gasteiger partial charge in [-0.05, 0) is 42.5 Å². The molecule has 2 aromatic rings. The highest BCUT2D eigenvalue weighted by Gasteiger charge is 2.03. The molecule has 19 heavy (non-hydrogen) atoms. The molecule has 4 heteroatoms. The Morgan fingerprint density at radius 3 is 2.05 bits per heavy atom. The fraction of sp³-hybridized carbons (Fsp3) is 0.200. The molecule has 0 aromatic heterocycles. The lowest BCUT2D eigenvalue weighted by Gasteiger charge is -2.10. The van der Waals surface area contributed by atoms with Crippen LogP contribution in [0.5, 0.6) is 17.2 Å². The highest BCUT2D eigenvalue weighted by Crippen LogP contribution is 2.24. The average molecular weight is 323 g/mol. The van der Waals surface area contributed by atoms with Crippen LogP contribution in [0.25, 0.3) is 0 Å². The zero-order valence-electron chi connectivity index (χ0n) is 10.9. The molecule has 0 bridgehead atoms. The highest BCUT2D eigenvalue weighted by molar-refractivity contribution is 9.10. The normalized spacial score (nSPS) is 10.1. The molecule has 2 rings (SSSR count). The topological polar surface area (TPSA) is 27.7 Å². The number of rotatable bonds is 5. The summed E-state index contributed by atoms with van der Waals surface area (Å²) in [5.74, 6) is 2.43. The molecule has 0 aliphatic rings. The van der Waals surface area contributed by atoms with Gasteiger partial charge < -0.3 is 14.2 Å². The van der Waals surface area contributed by atoms with Gasteiger partial charge in [0, 0.05) is 10.0 Å². The second-order valence-electron chi connectivity index (χ2n) is 3.92. The first-order valence-corrected chi connectivity index (χ1v) is 6.61. The van der Waals surface area contributed by atoms with E-state index in [1.807, 2.05) is 42.5 Å². The van der Waals surface area contributed by atoms with Crippen LogP contribution in [-0.2, 0) is 6.61 Å². The first kappa shape index (κ1) is 13.7. The van der Waals surface area contributed by atoms with Crippen molar-refractivity contribution in [3.63, 3.8) is 0 Å². The van der Waals surface area contributed by atoms with Gasteiger partial charge in [-0.1, -0.05) is 15.9 Å². The highest BCUT2D eigenvalue weighted by atomic mass is 79.9. The third-order valence-electron chi connectivity index (χ3n) is 2.71. The van der Waals surface area contributed by atoms with Gasteiger partial charge >= 0.3 is 0 Å². The number of hydrogen-bond donors (Lipinski definition) is 0. The van der Waals surface area contributed by atoms with Crippen molar-refractivity contribution in [3.05, 3.63) is 52.5 Å². The van der Waals surface area contributed by atoms with Crippen molar-refractivity contribution in [2.45, 2.75) is 6.61 Å². The summed E-state index contributed by atoms with van der Waals surface area (Å²) in [7, 11) is 3.29. The van der Waals surface area contributed by atoms with E-state index < -0.39 is 0 Å². The molecule has 0 atom stereocenters. The second kappa shape index (κ2) is 6.48.